The van der Waals surface area contributed by atoms with Crippen molar-refractivity contribution < 1.29 is 19.7 Å². The number of rotatable bonds is 9. The second kappa shape index (κ2) is 11.2. The van der Waals surface area contributed by atoms with Crippen LogP contribution in [-0.4, -0.2) is 54.2 Å². The van der Waals surface area contributed by atoms with E-state index in [1.54, 1.807) is 6.08 Å². The molecule has 0 bridgehead atoms. The molecule has 3 heterocycles. The van der Waals surface area contributed by atoms with E-state index < -0.39 is 30.1 Å². The summed E-state index contributed by atoms with van der Waals surface area (Å²) in [4.78, 5) is 21.4. The van der Waals surface area contributed by atoms with Gasteiger partial charge in [-0.25, -0.2) is 9.97 Å². The first-order valence-corrected chi connectivity index (χ1v) is 13.4. The SMILES string of the molecule is C=CCn1cnc2c(ncn2C2OC(COC(c3ccccc3)(c3ccccc3)c3ccccc3)C(O)C2O)c1=O. The quantitative estimate of drug-likeness (QED) is 0.214. The first kappa shape index (κ1) is 26.8. The summed E-state index contributed by atoms with van der Waals surface area (Å²) in [5, 5.41) is 22.1. The molecule has 1 aliphatic rings. The summed E-state index contributed by atoms with van der Waals surface area (Å²) in [5.41, 5.74) is 1.75. The summed E-state index contributed by atoms with van der Waals surface area (Å²) >= 11 is 0. The Bertz CT molecular complexity index is 1590. The third kappa shape index (κ3) is 4.68. The number of benzene rings is 3. The number of ether oxygens (including phenoxy) is 2. The number of hydrogen-bond acceptors (Lipinski definition) is 7. The number of hydrogen-bond donors (Lipinski definition) is 2. The smallest absolute Gasteiger partial charge is 0.281 e. The van der Waals surface area contributed by atoms with Crippen LogP contribution in [0.25, 0.3) is 11.2 Å². The Labute approximate surface area is 236 Å². The summed E-state index contributed by atoms with van der Waals surface area (Å²) in [7, 11) is 0. The van der Waals surface area contributed by atoms with Crippen molar-refractivity contribution in [2.75, 3.05) is 6.61 Å². The Morgan fingerprint density at radius 2 is 1.41 bits per heavy atom. The minimum Gasteiger partial charge on any atom is -0.387 e. The zero-order valence-electron chi connectivity index (χ0n) is 22.2. The molecule has 0 amide bonds. The van der Waals surface area contributed by atoms with E-state index in [1.165, 1.54) is 21.8 Å². The number of imidazole rings is 1. The molecular weight excluding hydrogens is 520 g/mol. The number of allylic oxidation sites excluding steroid dienone is 1. The van der Waals surface area contributed by atoms with Gasteiger partial charge in [0, 0.05) is 6.54 Å². The lowest BCUT2D eigenvalue weighted by molar-refractivity contribution is -0.0942. The minimum atomic E-state index is -1.31. The molecule has 9 nitrogen and oxygen atoms in total. The zero-order valence-corrected chi connectivity index (χ0v) is 22.2. The Morgan fingerprint density at radius 3 is 1.95 bits per heavy atom. The van der Waals surface area contributed by atoms with E-state index in [0.29, 0.717) is 6.54 Å². The summed E-state index contributed by atoms with van der Waals surface area (Å²) in [6.07, 6.45) is -0.0944. The van der Waals surface area contributed by atoms with Crippen LogP contribution in [0.1, 0.15) is 22.9 Å². The standard InChI is InChI=1S/C32H30N4O5/c1-2-18-35-20-34-29-26(30(35)39)33-21-36(29)31-28(38)27(37)25(41-31)19-40-32(22-12-6-3-7-13-22,23-14-8-4-9-15-23)24-16-10-5-11-17-24/h2-17,20-21,25,27-28,31,37-38H,1,18-19H2. The van der Waals surface area contributed by atoms with E-state index in [4.69, 9.17) is 9.47 Å². The van der Waals surface area contributed by atoms with Crippen LogP contribution in [0.5, 0.6) is 0 Å². The van der Waals surface area contributed by atoms with E-state index in [1.807, 2.05) is 91.0 Å². The Balaban J connectivity index is 1.35. The molecule has 4 atom stereocenters. The van der Waals surface area contributed by atoms with Gasteiger partial charge >= 0.3 is 0 Å². The Hall–Kier alpha value is -4.41. The van der Waals surface area contributed by atoms with Gasteiger partial charge in [-0.15, -0.1) is 6.58 Å². The minimum absolute atomic E-state index is 0.0421. The van der Waals surface area contributed by atoms with Crippen molar-refractivity contribution in [3.63, 3.8) is 0 Å². The number of aromatic nitrogens is 4. The van der Waals surface area contributed by atoms with E-state index >= 15 is 0 Å². The molecule has 3 aromatic carbocycles. The van der Waals surface area contributed by atoms with Crippen molar-refractivity contribution in [2.45, 2.75) is 36.7 Å². The molecule has 208 valence electrons. The highest BCUT2D eigenvalue weighted by Gasteiger charge is 2.46. The fourth-order valence-electron chi connectivity index (χ4n) is 5.47. The van der Waals surface area contributed by atoms with Gasteiger partial charge in [0.05, 0.1) is 12.9 Å². The molecule has 2 N–H and O–H groups in total. The molecule has 1 fully saturated rings. The van der Waals surface area contributed by atoms with Gasteiger partial charge in [-0.3, -0.25) is 13.9 Å². The van der Waals surface area contributed by atoms with Gasteiger partial charge in [0.15, 0.2) is 17.4 Å². The second-order valence-corrected chi connectivity index (χ2v) is 9.95. The average molecular weight is 551 g/mol. The maximum Gasteiger partial charge on any atom is 0.281 e. The Morgan fingerprint density at radius 1 is 0.854 bits per heavy atom. The van der Waals surface area contributed by atoms with Crippen LogP contribution in [0.4, 0.5) is 0 Å². The predicted molar refractivity (Wildman–Crippen MR) is 153 cm³/mol. The molecule has 5 aromatic rings. The fourth-order valence-corrected chi connectivity index (χ4v) is 5.47. The third-order valence-corrected chi connectivity index (χ3v) is 7.49. The maximum absolute atomic E-state index is 12.8. The van der Waals surface area contributed by atoms with Crippen LogP contribution >= 0.6 is 0 Å². The summed E-state index contributed by atoms with van der Waals surface area (Å²) in [6, 6.07) is 29.6. The van der Waals surface area contributed by atoms with Gasteiger partial charge in [0.2, 0.25) is 0 Å². The lowest BCUT2D eigenvalue weighted by Crippen LogP contribution is -2.39. The number of fused-ring (bicyclic) bond motifs is 1. The van der Waals surface area contributed by atoms with Crippen molar-refractivity contribution in [3.05, 3.63) is 143 Å². The van der Waals surface area contributed by atoms with Crippen molar-refractivity contribution >= 4 is 11.2 Å². The lowest BCUT2D eigenvalue weighted by atomic mass is 9.80. The first-order chi connectivity index (χ1) is 20.0. The normalized spacial score (nSPS) is 20.8. The molecule has 9 heteroatoms. The molecule has 1 aliphatic heterocycles. The zero-order chi connectivity index (χ0) is 28.4. The molecule has 0 radical (unpaired) electrons. The summed E-state index contributed by atoms with van der Waals surface area (Å²) in [6.45, 7) is 3.91. The largest absolute Gasteiger partial charge is 0.387 e. The van der Waals surface area contributed by atoms with E-state index in [0.717, 1.165) is 16.7 Å². The number of aliphatic hydroxyl groups is 2. The molecule has 41 heavy (non-hydrogen) atoms. The van der Waals surface area contributed by atoms with Crippen LogP contribution in [0.2, 0.25) is 0 Å². The van der Waals surface area contributed by atoms with Crippen LogP contribution in [-0.2, 0) is 21.6 Å². The summed E-state index contributed by atoms with van der Waals surface area (Å²) in [5.74, 6) is 0. The first-order valence-electron chi connectivity index (χ1n) is 13.4. The summed E-state index contributed by atoms with van der Waals surface area (Å²) < 4.78 is 15.9. The molecule has 0 spiro atoms. The number of aliphatic hydroxyl groups excluding tert-OH is 2. The molecule has 2 aromatic heterocycles. The molecule has 0 aliphatic carbocycles. The molecule has 0 saturated carbocycles. The highest BCUT2D eigenvalue weighted by atomic mass is 16.6. The monoisotopic (exact) mass is 550 g/mol. The number of nitrogens with zero attached hydrogens (tertiary/aromatic N) is 4. The van der Waals surface area contributed by atoms with Crippen molar-refractivity contribution in [1.29, 1.82) is 0 Å². The topological polar surface area (TPSA) is 112 Å². The predicted octanol–water partition coefficient (Wildman–Crippen LogP) is 3.41. The highest BCUT2D eigenvalue weighted by Crippen LogP contribution is 2.41. The van der Waals surface area contributed by atoms with Gasteiger partial charge < -0.3 is 19.7 Å². The van der Waals surface area contributed by atoms with Crippen molar-refractivity contribution in [2.24, 2.45) is 0 Å². The van der Waals surface area contributed by atoms with Crippen LogP contribution in [0, 0.1) is 0 Å². The van der Waals surface area contributed by atoms with E-state index in [2.05, 4.69) is 16.5 Å². The van der Waals surface area contributed by atoms with Gasteiger partial charge in [0.1, 0.15) is 30.2 Å². The van der Waals surface area contributed by atoms with E-state index in [-0.39, 0.29) is 23.3 Å². The fraction of sp³-hybridized carbons (Fsp3) is 0.219. The third-order valence-electron chi connectivity index (χ3n) is 7.49. The molecular formula is C32H30N4O5. The van der Waals surface area contributed by atoms with Gasteiger partial charge in [0.25, 0.3) is 5.56 Å². The molecule has 4 unspecified atom stereocenters. The Kier molecular flexibility index (Phi) is 7.34. The van der Waals surface area contributed by atoms with E-state index in [9.17, 15) is 15.0 Å². The lowest BCUT2D eigenvalue weighted by Gasteiger charge is -2.37. The van der Waals surface area contributed by atoms with Crippen LogP contribution < -0.4 is 5.56 Å². The van der Waals surface area contributed by atoms with Crippen molar-refractivity contribution in [1.82, 2.24) is 19.1 Å². The van der Waals surface area contributed by atoms with Gasteiger partial charge in [-0.2, -0.15) is 0 Å². The van der Waals surface area contributed by atoms with Crippen LogP contribution in [0.3, 0.4) is 0 Å². The van der Waals surface area contributed by atoms with Gasteiger partial charge in [-0.1, -0.05) is 97.1 Å². The van der Waals surface area contributed by atoms with Crippen LogP contribution in [0.15, 0.2) is 121 Å². The molecule has 6 rings (SSSR count). The highest BCUT2D eigenvalue weighted by molar-refractivity contribution is 5.69. The maximum atomic E-state index is 12.8. The van der Waals surface area contributed by atoms with Gasteiger partial charge in [-0.05, 0) is 16.7 Å². The van der Waals surface area contributed by atoms with Crippen molar-refractivity contribution in [3.8, 4) is 0 Å². The average Bonchev–Trinajstić information content (AvgIpc) is 3.57. The molecule has 1 saturated heterocycles. The second-order valence-electron chi connectivity index (χ2n) is 9.95.